The highest BCUT2D eigenvalue weighted by Crippen LogP contribution is 2.31. The molecule has 3 rings (SSSR count). The molecule has 0 radical (unpaired) electrons. The molecule has 0 saturated heterocycles. The van der Waals surface area contributed by atoms with E-state index in [1.807, 2.05) is 26.0 Å². The lowest BCUT2D eigenvalue weighted by molar-refractivity contribution is -0.137. The molecule has 180 valence electrons. The molecule has 0 fully saturated rings. The Balaban J connectivity index is 1.65. The molecular weight excluding hydrogens is 445 g/mol. The Morgan fingerprint density at radius 1 is 1.06 bits per heavy atom. The number of rotatable bonds is 7. The second kappa shape index (κ2) is 10.1. The Morgan fingerprint density at radius 3 is 2.35 bits per heavy atom. The quantitative estimate of drug-likeness (QED) is 0.510. The van der Waals surface area contributed by atoms with E-state index in [-0.39, 0.29) is 29.8 Å². The molecule has 0 spiro atoms. The van der Waals surface area contributed by atoms with Crippen molar-refractivity contribution in [2.45, 2.75) is 46.8 Å². The number of aryl methyl sites for hydroxylation is 1. The molecule has 1 aromatic heterocycles. The maximum Gasteiger partial charge on any atom is 0.416 e. The van der Waals surface area contributed by atoms with Crippen LogP contribution in [0.15, 0.2) is 48.5 Å². The molecule has 0 bridgehead atoms. The van der Waals surface area contributed by atoms with E-state index in [4.69, 9.17) is 0 Å². The van der Waals surface area contributed by atoms with E-state index in [0.29, 0.717) is 29.2 Å². The Morgan fingerprint density at radius 2 is 1.74 bits per heavy atom. The van der Waals surface area contributed by atoms with Crippen LogP contribution in [0.2, 0.25) is 0 Å². The minimum absolute atomic E-state index is 0.0547. The monoisotopic (exact) mass is 472 g/mol. The van der Waals surface area contributed by atoms with Gasteiger partial charge < -0.3 is 10.6 Å². The summed E-state index contributed by atoms with van der Waals surface area (Å²) in [4.78, 5) is 24.3. The fourth-order valence-corrected chi connectivity index (χ4v) is 3.41. The highest BCUT2D eigenvalue weighted by molar-refractivity contribution is 5.92. The molecule has 0 aliphatic rings. The van der Waals surface area contributed by atoms with Crippen LogP contribution in [0.4, 0.5) is 18.9 Å². The average molecular weight is 473 g/mol. The summed E-state index contributed by atoms with van der Waals surface area (Å²) in [6.07, 6.45) is -4.40. The third-order valence-electron chi connectivity index (χ3n) is 5.43. The molecule has 1 heterocycles. The van der Waals surface area contributed by atoms with Gasteiger partial charge in [-0.2, -0.15) is 18.3 Å². The van der Waals surface area contributed by atoms with Gasteiger partial charge in [-0.1, -0.05) is 32.0 Å². The maximum atomic E-state index is 13.1. The van der Waals surface area contributed by atoms with Gasteiger partial charge in [0.05, 0.1) is 23.4 Å². The maximum absolute atomic E-state index is 13.1. The SMILES string of the molecule is Cc1nn(-c2cccc(C(F)(F)F)c2)c(C)c1CC(=O)NCc1ccc(NC(=O)C(C)C)cc1. The van der Waals surface area contributed by atoms with Crippen LogP contribution in [-0.2, 0) is 28.7 Å². The van der Waals surface area contributed by atoms with E-state index < -0.39 is 11.7 Å². The standard InChI is InChI=1S/C25H27F3N4O2/c1-15(2)24(34)30-20-10-8-18(9-11-20)14-29-23(33)13-22-16(3)31-32(17(22)4)21-7-5-6-19(12-21)25(26,27)28/h5-12,15H,13-14H2,1-4H3,(H,29,33)(H,30,34). The van der Waals surface area contributed by atoms with Crippen LogP contribution < -0.4 is 10.6 Å². The molecule has 0 aliphatic heterocycles. The zero-order chi connectivity index (χ0) is 25.0. The zero-order valence-corrected chi connectivity index (χ0v) is 19.5. The Kier molecular flexibility index (Phi) is 7.44. The molecular formula is C25H27F3N4O2. The van der Waals surface area contributed by atoms with E-state index in [2.05, 4.69) is 15.7 Å². The van der Waals surface area contributed by atoms with E-state index in [0.717, 1.165) is 17.7 Å². The predicted molar refractivity (Wildman–Crippen MR) is 124 cm³/mol. The number of aromatic nitrogens is 2. The van der Waals surface area contributed by atoms with Gasteiger partial charge >= 0.3 is 6.18 Å². The summed E-state index contributed by atoms with van der Waals surface area (Å²) >= 11 is 0. The summed E-state index contributed by atoms with van der Waals surface area (Å²) in [6, 6.07) is 12.1. The minimum Gasteiger partial charge on any atom is -0.352 e. The van der Waals surface area contributed by atoms with Crippen LogP contribution in [-0.4, -0.2) is 21.6 Å². The number of anilines is 1. The number of carbonyl (C=O) groups is 2. The normalized spacial score (nSPS) is 11.5. The highest BCUT2D eigenvalue weighted by atomic mass is 19.4. The van der Waals surface area contributed by atoms with E-state index in [1.54, 1.807) is 32.0 Å². The molecule has 2 N–H and O–H groups in total. The highest BCUT2D eigenvalue weighted by Gasteiger charge is 2.30. The molecule has 34 heavy (non-hydrogen) atoms. The summed E-state index contributed by atoms with van der Waals surface area (Å²) in [6.45, 7) is 7.38. The Bertz CT molecular complexity index is 1180. The van der Waals surface area contributed by atoms with Gasteiger partial charge in [0, 0.05) is 29.4 Å². The fraction of sp³-hybridized carbons (Fsp3) is 0.320. The number of carbonyl (C=O) groups excluding carboxylic acids is 2. The van der Waals surface area contributed by atoms with Crippen molar-refractivity contribution in [3.05, 3.63) is 76.6 Å². The van der Waals surface area contributed by atoms with Gasteiger partial charge in [0.25, 0.3) is 0 Å². The Labute approximate surface area is 196 Å². The molecule has 9 heteroatoms. The molecule has 2 aromatic carbocycles. The second-order valence-electron chi connectivity index (χ2n) is 8.40. The number of benzene rings is 2. The van der Waals surface area contributed by atoms with Crippen molar-refractivity contribution in [3.8, 4) is 5.69 Å². The molecule has 2 amide bonds. The summed E-state index contributed by atoms with van der Waals surface area (Å²) in [5.74, 6) is -0.423. The first kappa shape index (κ1) is 25.0. The lowest BCUT2D eigenvalue weighted by atomic mass is 10.1. The largest absolute Gasteiger partial charge is 0.416 e. The number of nitrogens with zero attached hydrogens (tertiary/aromatic N) is 2. The van der Waals surface area contributed by atoms with Gasteiger partial charge in [-0.3, -0.25) is 9.59 Å². The van der Waals surface area contributed by atoms with Crippen LogP contribution in [0.5, 0.6) is 0 Å². The summed E-state index contributed by atoms with van der Waals surface area (Å²) in [5.41, 5.74) is 2.93. The van der Waals surface area contributed by atoms with Crippen LogP contribution in [0.1, 0.15) is 41.9 Å². The van der Waals surface area contributed by atoms with Crippen molar-refractivity contribution in [1.29, 1.82) is 0 Å². The van der Waals surface area contributed by atoms with Gasteiger partial charge in [0.1, 0.15) is 0 Å². The second-order valence-corrected chi connectivity index (χ2v) is 8.40. The third kappa shape index (κ3) is 6.03. The third-order valence-corrected chi connectivity index (χ3v) is 5.43. The van der Waals surface area contributed by atoms with Crippen molar-refractivity contribution in [1.82, 2.24) is 15.1 Å². The number of hydrogen-bond acceptors (Lipinski definition) is 3. The van der Waals surface area contributed by atoms with E-state index >= 15 is 0 Å². The first-order chi connectivity index (χ1) is 16.0. The first-order valence-electron chi connectivity index (χ1n) is 10.8. The lowest BCUT2D eigenvalue weighted by Gasteiger charge is -2.10. The first-order valence-corrected chi connectivity index (χ1v) is 10.8. The smallest absolute Gasteiger partial charge is 0.352 e. The van der Waals surface area contributed by atoms with E-state index in [9.17, 15) is 22.8 Å². The number of hydrogen-bond donors (Lipinski definition) is 2. The lowest BCUT2D eigenvalue weighted by Crippen LogP contribution is -2.25. The number of halogens is 3. The molecule has 6 nitrogen and oxygen atoms in total. The van der Waals surface area contributed by atoms with Crippen molar-refractivity contribution in [2.75, 3.05) is 5.32 Å². The van der Waals surface area contributed by atoms with E-state index in [1.165, 1.54) is 10.7 Å². The summed E-state index contributed by atoms with van der Waals surface area (Å²) in [7, 11) is 0. The summed E-state index contributed by atoms with van der Waals surface area (Å²) in [5, 5.41) is 10.0. The number of amides is 2. The molecule has 3 aromatic rings. The molecule has 0 aliphatic carbocycles. The van der Waals surface area contributed by atoms with Crippen LogP contribution >= 0.6 is 0 Å². The van der Waals surface area contributed by atoms with Gasteiger partial charge in [-0.05, 0) is 49.7 Å². The van der Waals surface area contributed by atoms with Crippen molar-refractivity contribution >= 4 is 17.5 Å². The zero-order valence-electron chi connectivity index (χ0n) is 19.5. The van der Waals surface area contributed by atoms with Crippen molar-refractivity contribution in [3.63, 3.8) is 0 Å². The number of alkyl halides is 3. The minimum atomic E-state index is -4.45. The van der Waals surface area contributed by atoms with Gasteiger partial charge in [0.15, 0.2) is 0 Å². The van der Waals surface area contributed by atoms with Crippen molar-refractivity contribution in [2.24, 2.45) is 5.92 Å². The van der Waals surface area contributed by atoms with Gasteiger partial charge in [-0.25, -0.2) is 4.68 Å². The van der Waals surface area contributed by atoms with Gasteiger partial charge in [0.2, 0.25) is 11.8 Å². The van der Waals surface area contributed by atoms with Crippen LogP contribution in [0.3, 0.4) is 0 Å². The van der Waals surface area contributed by atoms with Crippen LogP contribution in [0.25, 0.3) is 5.69 Å². The van der Waals surface area contributed by atoms with Gasteiger partial charge in [-0.15, -0.1) is 0 Å². The topological polar surface area (TPSA) is 76.0 Å². The molecule has 0 atom stereocenters. The number of nitrogens with one attached hydrogen (secondary N) is 2. The van der Waals surface area contributed by atoms with Crippen molar-refractivity contribution < 1.29 is 22.8 Å². The Hall–Kier alpha value is -3.62. The molecule has 0 unspecified atom stereocenters. The summed E-state index contributed by atoms with van der Waals surface area (Å²) < 4.78 is 40.6. The average Bonchev–Trinajstić information content (AvgIpc) is 3.06. The predicted octanol–water partition coefficient (Wildman–Crippen LogP) is 4.96. The fourth-order valence-electron chi connectivity index (χ4n) is 3.41. The van der Waals surface area contributed by atoms with Crippen LogP contribution in [0, 0.1) is 19.8 Å². The molecule has 0 saturated carbocycles.